The molecule has 1 aromatic heterocycles. The molecule has 0 bridgehead atoms. The Morgan fingerprint density at radius 2 is 1.81 bits per heavy atom. The van der Waals surface area contributed by atoms with Crippen LogP contribution in [0.1, 0.15) is 11.3 Å². The van der Waals surface area contributed by atoms with Gasteiger partial charge in [-0.1, -0.05) is 29.3 Å². The number of allylic oxidation sites excluding steroid dienone is 1. The number of halogens is 2. The van der Waals surface area contributed by atoms with Crippen LogP contribution in [0.2, 0.25) is 10.0 Å². The van der Waals surface area contributed by atoms with Crippen LogP contribution in [-0.2, 0) is 0 Å². The Morgan fingerprint density at radius 3 is 2.52 bits per heavy atom. The molecule has 0 fully saturated rings. The highest BCUT2D eigenvalue weighted by Gasteiger charge is 2.12. The average Bonchev–Trinajstić information content (AvgIpc) is 3.16. The summed E-state index contributed by atoms with van der Waals surface area (Å²) < 4.78 is 16.4. The van der Waals surface area contributed by atoms with Gasteiger partial charge in [-0.3, -0.25) is 0 Å². The third-order valence-electron chi connectivity index (χ3n) is 3.95. The number of benzene rings is 2. The van der Waals surface area contributed by atoms with Crippen LogP contribution in [0.5, 0.6) is 11.5 Å². The van der Waals surface area contributed by atoms with E-state index in [0.717, 1.165) is 0 Å². The van der Waals surface area contributed by atoms with Gasteiger partial charge in [-0.25, -0.2) is 0 Å². The summed E-state index contributed by atoms with van der Waals surface area (Å²) in [5.74, 6) is 2.22. The number of methoxy groups -OCH3 is 2. The van der Waals surface area contributed by atoms with Gasteiger partial charge in [0.05, 0.1) is 35.9 Å². The molecule has 1 heterocycles. The van der Waals surface area contributed by atoms with Gasteiger partial charge in [0.1, 0.15) is 11.5 Å². The largest absolute Gasteiger partial charge is 0.493 e. The lowest BCUT2D eigenvalue weighted by atomic mass is 10.1. The summed E-state index contributed by atoms with van der Waals surface area (Å²) in [6.45, 7) is 0. The van der Waals surface area contributed by atoms with E-state index in [-0.39, 0.29) is 0 Å². The molecule has 4 nitrogen and oxygen atoms in total. The van der Waals surface area contributed by atoms with Crippen LogP contribution in [0.25, 0.3) is 23.0 Å². The second kappa shape index (κ2) is 8.22. The van der Waals surface area contributed by atoms with E-state index in [0.29, 0.717) is 49.8 Å². The molecule has 0 aliphatic rings. The summed E-state index contributed by atoms with van der Waals surface area (Å²) in [6.07, 6.45) is 1.66. The number of nitrogens with zero attached hydrogens (tertiary/aromatic N) is 1. The first-order chi connectivity index (χ1) is 13.1. The van der Waals surface area contributed by atoms with E-state index in [2.05, 4.69) is 6.07 Å². The molecule has 3 aromatic rings. The summed E-state index contributed by atoms with van der Waals surface area (Å²) >= 11 is 12.3. The first-order valence-electron chi connectivity index (χ1n) is 7.95. The molecule has 0 aliphatic carbocycles. The molecule has 2 aromatic carbocycles. The van der Waals surface area contributed by atoms with Gasteiger partial charge in [-0.2, -0.15) is 5.26 Å². The Bertz CT molecular complexity index is 1050. The van der Waals surface area contributed by atoms with E-state index in [4.69, 9.17) is 37.1 Å². The van der Waals surface area contributed by atoms with Crippen molar-refractivity contribution in [3.8, 4) is 28.9 Å². The number of rotatable bonds is 5. The number of hydrogen-bond donors (Lipinski definition) is 0. The smallest absolute Gasteiger partial charge is 0.161 e. The molecular weight excluding hydrogens is 385 g/mol. The summed E-state index contributed by atoms with van der Waals surface area (Å²) in [5, 5.41) is 10.4. The highest BCUT2D eigenvalue weighted by Crippen LogP contribution is 2.35. The molecule has 3 rings (SSSR count). The second-order valence-corrected chi connectivity index (χ2v) is 6.33. The van der Waals surface area contributed by atoms with Gasteiger partial charge in [0.25, 0.3) is 0 Å². The molecular formula is C21H15Cl2NO3. The van der Waals surface area contributed by atoms with E-state index in [1.54, 1.807) is 62.8 Å². The van der Waals surface area contributed by atoms with Crippen molar-refractivity contribution < 1.29 is 13.9 Å². The molecule has 0 atom stereocenters. The van der Waals surface area contributed by atoms with Crippen LogP contribution in [0.4, 0.5) is 0 Å². The van der Waals surface area contributed by atoms with Crippen LogP contribution >= 0.6 is 23.2 Å². The lowest BCUT2D eigenvalue weighted by Gasteiger charge is -2.08. The molecule has 0 unspecified atom stereocenters. The zero-order chi connectivity index (χ0) is 19.4. The zero-order valence-corrected chi connectivity index (χ0v) is 16.1. The van der Waals surface area contributed by atoms with Crippen molar-refractivity contribution in [2.24, 2.45) is 0 Å². The Balaban J connectivity index is 1.97. The molecule has 0 N–H and O–H groups in total. The summed E-state index contributed by atoms with van der Waals surface area (Å²) in [7, 11) is 3.11. The average molecular weight is 400 g/mol. The van der Waals surface area contributed by atoms with Crippen LogP contribution in [0.15, 0.2) is 52.9 Å². The first-order valence-corrected chi connectivity index (χ1v) is 8.71. The van der Waals surface area contributed by atoms with Crippen molar-refractivity contribution in [1.82, 2.24) is 0 Å². The lowest BCUT2D eigenvalue weighted by molar-refractivity contribution is 0.355. The predicted octanol–water partition coefficient (Wildman–Crippen LogP) is 6.33. The maximum atomic E-state index is 9.56. The second-order valence-electron chi connectivity index (χ2n) is 5.54. The summed E-state index contributed by atoms with van der Waals surface area (Å²) in [6, 6.07) is 16.3. The molecule has 0 aliphatic heterocycles. The quantitative estimate of drug-likeness (QED) is 0.470. The van der Waals surface area contributed by atoms with Gasteiger partial charge in [0.2, 0.25) is 0 Å². The number of nitriles is 1. The zero-order valence-electron chi connectivity index (χ0n) is 14.6. The van der Waals surface area contributed by atoms with Gasteiger partial charge in [0, 0.05) is 5.56 Å². The van der Waals surface area contributed by atoms with Gasteiger partial charge in [-0.05, 0) is 54.1 Å². The van der Waals surface area contributed by atoms with E-state index < -0.39 is 0 Å². The fourth-order valence-corrected chi connectivity index (χ4v) is 2.99. The third-order valence-corrected chi connectivity index (χ3v) is 4.76. The Kier molecular flexibility index (Phi) is 5.75. The molecule has 6 heteroatoms. The molecule has 0 amide bonds. The van der Waals surface area contributed by atoms with E-state index in [9.17, 15) is 5.26 Å². The predicted molar refractivity (Wildman–Crippen MR) is 107 cm³/mol. The molecule has 136 valence electrons. The molecule has 27 heavy (non-hydrogen) atoms. The Morgan fingerprint density at radius 1 is 1.04 bits per heavy atom. The summed E-state index contributed by atoms with van der Waals surface area (Å²) in [5.41, 5.74) is 1.80. The molecule has 0 saturated heterocycles. The van der Waals surface area contributed by atoms with Gasteiger partial charge < -0.3 is 13.9 Å². The standard InChI is InChI=1S/C21H15Cl2NO3/c1-25-19-8-6-13(11-20(19)26-2)14(12-24)10-15-7-9-18(27-15)16-4-3-5-17(22)21(16)23/h3-11H,1-2H3/b14-10+. The van der Waals surface area contributed by atoms with Crippen molar-refractivity contribution in [1.29, 1.82) is 5.26 Å². The highest BCUT2D eigenvalue weighted by molar-refractivity contribution is 6.43. The fraction of sp³-hybridized carbons (Fsp3) is 0.0952. The highest BCUT2D eigenvalue weighted by atomic mass is 35.5. The SMILES string of the molecule is COc1ccc(/C(C#N)=C/c2ccc(-c3cccc(Cl)c3Cl)o2)cc1OC. The monoisotopic (exact) mass is 399 g/mol. The number of hydrogen-bond acceptors (Lipinski definition) is 4. The van der Waals surface area contributed by atoms with E-state index in [1.807, 2.05) is 6.07 Å². The fourth-order valence-electron chi connectivity index (χ4n) is 2.60. The number of ether oxygens (including phenoxy) is 2. The van der Waals surface area contributed by atoms with Crippen LogP contribution < -0.4 is 9.47 Å². The molecule has 0 spiro atoms. The minimum atomic E-state index is 0.421. The van der Waals surface area contributed by atoms with Gasteiger partial charge in [-0.15, -0.1) is 0 Å². The van der Waals surface area contributed by atoms with Crippen molar-refractivity contribution >= 4 is 34.9 Å². The Hall–Kier alpha value is -2.87. The van der Waals surface area contributed by atoms with Crippen molar-refractivity contribution in [2.45, 2.75) is 0 Å². The van der Waals surface area contributed by atoms with Crippen LogP contribution in [0.3, 0.4) is 0 Å². The minimum Gasteiger partial charge on any atom is -0.493 e. The van der Waals surface area contributed by atoms with Crippen molar-refractivity contribution in [3.63, 3.8) is 0 Å². The van der Waals surface area contributed by atoms with Crippen molar-refractivity contribution in [2.75, 3.05) is 14.2 Å². The maximum Gasteiger partial charge on any atom is 0.161 e. The van der Waals surface area contributed by atoms with Gasteiger partial charge >= 0.3 is 0 Å². The first kappa shape index (κ1) is 18.9. The van der Waals surface area contributed by atoms with Crippen LogP contribution in [-0.4, -0.2) is 14.2 Å². The maximum absolute atomic E-state index is 9.56. The number of furan rings is 1. The Labute approximate surface area is 167 Å². The molecule has 0 saturated carbocycles. The van der Waals surface area contributed by atoms with Gasteiger partial charge in [0.15, 0.2) is 11.5 Å². The minimum absolute atomic E-state index is 0.421. The lowest BCUT2D eigenvalue weighted by Crippen LogP contribution is -1.92. The van der Waals surface area contributed by atoms with Crippen LogP contribution in [0, 0.1) is 11.3 Å². The third kappa shape index (κ3) is 3.95. The summed E-state index contributed by atoms with van der Waals surface area (Å²) in [4.78, 5) is 0. The van der Waals surface area contributed by atoms with E-state index in [1.165, 1.54) is 0 Å². The normalized spacial score (nSPS) is 11.1. The van der Waals surface area contributed by atoms with Crippen molar-refractivity contribution in [3.05, 3.63) is 69.9 Å². The van der Waals surface area contributed by atoms with E-state index >= 15 is 0 Å². The molecule has 0 radical (unpaired) electrons. The topological polar surface area (TPSA) is 55.4 Å².